The van der Waals surface area contributed by atoms with Gasteiger partial charge in [0.05, 0.1) is 0 Å². The lowest BCUT2D eigenvalue weighted by Crippen LogP contribution is -2.22. The summed E-state index contributed by atoms with van der Waals surface area (Å²) in [6.07, 6.45) is 1.02. The van der Waals surface area contributed by atoms with Crippen LogP contribution in [-0.2, 0) is 6.54 Å². The van der Waals surface area contributed by atoms with Crippen molar-refractivity contribution in [2.24, 2.45) is 0 Å². The van der Waals surface area contributed by atoms with E-state index in [1.165, 1.54) is 11.1 Å². The van der Waals surface area contributed by atoms with Crippen molar-refractivity contribution in [3.8, 4) is 0 Å². The summed E-state index contributed by atoms with van der Waals surface area (Å²) in [5.74, 6) is 0. The molecule has 1 aromatic rings. The Balaban J connectivity index is 2.35. The van der Waals surface area contributed by atoms with E-state index in [1.54, 1.807) is 0 Å². The van der Waals surface area contributed by atoms with Crippen molar-refractivity contribution in [2.45, 2.75) is 32.2 Å². The smallest absolute Gasteiger partial charge is 0.0458 e. The zero-order valence-corrected chi connectivity index (χ0v) is 9.64. The molecule has 0 radical (unpaired) electrons. The molecule has 1 unspecified atom stereocenters. The van der Waals surface area contributed by atoms with E-state index in [2.05, 4.69) is 43.4 Å². The maximum Gasteiger partial charge on any atom is 0.0458 e. The van der Waals surface area contributed by atoms with E-state index in [9.17, 15) is 0 Å². The third-order valence-electron chi connectivity index (χ3n) is 2.39. The van der Waals surface area contributed by atoms with Crippen LogP contribution in [0.1, 0.15) is 24.5 Å². The highest BCUT2D eigenvalue weighted by atomic mass is 35.5. The fourth-order valence-electron chi connectivity index (χ4n) is 1.32. The molecular weight excluding hydrogens is 194 g/mol. The van der Waals surface area contributed by atoms with Gasteiger partial charge in [0.25, 0.3) is 0 Å². The first-order valence-corrected chi connectivity index (χ1v) is 5.57. The lowest BCUT2D eigenvalue weighted by molar-refractivity contribution is 0.646. The Labute approximate surface area is 91.5 Å². The Morgan fingerprint density at radius 3 is 2.71 bits per heavy atom. The van der Waals surface area contributed by atoms with E-state index in [0.717, 1.165) is 19.5 Å². The molecule has 1 nitrogen and oxygen atoms in total. The van der Waals surface area contributed by atoms with E-state index < -0.39 is 0 Å². The zero-order valence-electron chi connectivity index (χ0n) is 8.89. The summed E-state index contributed by atoms with van der Waals surface area (Å²) in [7, 11) is 0. The van der Waals surface area contributed by atoms with Crippen molar-refractivity contribution in [3.63, 3.8) is 0 Å². The van der Waals surface area contributed by atoms with Crippen LogP contribution in [0.5, 0.6) is 0 Å². The van der Waals surface area contributed by atoms with Gasteiger partial charge in [-0.3, -0.25) is 0 Å². The first kappa shape index (κ1) is 11.5. The van der Waals surface area contributed by atoms with Gasteiger partial charge in [0, 0.05) is 18.5 Å². The molecule has 0 heterocycles. The Hall–Kier alpha value is -0.530. The third kappa shape index (κ3) is 3.69. The standard InChI is InChI=1S/C12H18ClN/c1-3-12(13)9-14-8-11-7-5-4-6-10(11)2/h4-7,12,14H,3,8-9H2,1-2H3. The second-order valence-corrected chi connectivity index (χ2v) is 4.18. The lowest BCUT2D eigenvalue weighted by atomic mass is 10.1. The number of nitrogens with one attached hydrogen (secondary N) is 1. The summed E-state index contributed by atoms with van der Waals surface area (Å²) in [6, 6.07) is 8.42. The lowest BCUT2D eigenvalue weighted by Gasteiger charge is -2.09. The number of alkyl halides is 1. The summed E-state index contributed by atoms with van der Waals surface area (Å²) in [5, 5.41) is 3.61. The largest absolute Gasteiger partial charge is 0.311 e. The molecule has 0 bridgehead atoms. The normalized spacial score (nSPS) is 12.8. The van der Waals surface area contributed by atoms with Gasteiger partial charge in [0.1, 0.15) is 0 Å². The van der Waals surface area contributed by atoms with Gasteiger partial charge in [-0.1, -0.05) is 31.2 Å². The Morgan fingerprint density at radius 1 is 1.36 bits per heavy atom. The molecule has 0 saturated carbocycles. The molecular formula is C12H18ClN. The molecule has 0 amide bonds. The Morgan fingerprint density at radius 2 is 2.07 bits per heavy atom. The first-order valence-electron chi connectivity index (χ1n) is 5.13. The maximum atomic E-state index is 6.01. The Bertz CT molecular complexity index is 273. The van der Waals surface area contributed by atoms with Crippen molar-refractivity contribution in [3.05, 3.63) is 35.4 Å². The molecule has 0 aliphatic heterocycles. The number of halogens is 1. The van der Waals surface area contributed by atoms with Crippen LogP contribution < -0.4 is 5.32 Å². The highest BCUT2D eigenvalue weighted by molar-refractivity contribution is 6.20. The van der Waals surface area contributed by atoms with E-state index in [0.29, 0.717) is 0 Å². The molecule has 0 saturated heterocycles. The summed E-state index contributed by atoms with van der Waals surface area (Å²) >= 11 is 6.01. The van der Waals surface area contributed by atoms with Crippen LogP contribution in [0, 0.1) is 6.92 Å². The quantitative estimate of drug-likeness (QED) is 0.739. The summed E-state index contributed by atoms with van der Waals surface area (Å²) in [4.78, 5) is 0. The van der Waals surface area contributed by atoms with E-state index in [-0.39, 0.29) is 5.38 Å². The van der Waals surface area contributed by atoms with E-state index in [4.69, 9.17) is 11.6 Å². The molecule has 2 heteroatoms. The van der Waals surface area contributed by atoms with Crippen LogP contribution in [0.4, 0.5) is 0 Å². The van der Waals surface area contributed by atoms with Gasteiger partial charge in [-0.2, -0.15) is 0 Å². The average molecular weight is 212 g/mol. The number of aryl methyl sites for hydroxylation is 1. The molecule has 0 aliphatic carbocycles. The SMILES string of the molecule is CCC(Cl)CNCc1ccccc1C. The molecule has 1 atom stereocenters. The van der Waals surface area contributed by atoms with Crippen molar-refractivity contribution >= 4 is 11.6 Å². The van der Waals surface area contributed by atoms with Crippen molar-refractivity contribution in [1.29, 1.82) is 0 Å². The van der Waals surface area contributed by atoms with Crippen LogP contribution in [-0.4, -0.2) is 11.9 Å². The van der Waals surface area contributed by atoms with Gasteiger partial charge in [-0.25, -0.2) is 0 Å². The van der Waals surface area contributed by atoms with Crippen LogP contribution >= 0.6 is 11.6 Å². The number of hydrogen-bond acceptors (Lipinski definition) is 1. The van der Waals surface area contributed by atoms with Crippen LogP contribution in [0.3, 0.4) is 0 Å². The third-order valence-corrected chi connectivity index (χ3v) is 2.85. The molecule has 0 fully saturated rings. The number of hydrogen-bond donors (Lipinski definition) is 1. The molecule has 14 heavy (non-hydrogen) atoms. The van der Waals surface area contributed by atoms with Gasteiger partial charge in [-0.15, -0.1) is 11.6 Å². The predicted molar refractivity (Wildman–Crippen MR) is 62.8 cm³/mol. The highest BCUT2D eigenvalue weighted by Crippen LogP contribution is 2.06. The van der Waals surface area contributed by atoms with Crippen molar-refractivity contribution < 1.29 is 0 Å². The van der Waals surface area contributed by atoms with E-state index in [1.807, 2.05) is 0 Å². The molecule has 0 aromatic heterocycles. The topological polar surface area (TPSA) is 12.0 Å². The second kappa shape index (κ2) is 6.05. The Kier molecular flexibility index (Phi) is 4.99. The van der Waals surface area contributed by atoms with Crippen LogP contribution in [0.15, 0.2) is 24.3 Å². The van der Waals surface area contributed by atoms with Crippen molar-refractivity contribution in [1.82, 2.24) is 5.32 Å². The van der Waals surface area contributed by atoms with Crippen LogP contribution in [0.25, 0.3) is 0 Å². The zero-order chi connectivity index (χ0) is 10.4. The number of benzene rings is 1. The summed E-state index contributed by atoms with van der Waals surface area (Å²) in [5.41, 5.74) is 2.69. The molecule has 1 rings (SSSR count). The minimum atomic E-state index is 0.249. The molecule has 1 aromatic carbocycles. The fraction of sp³-hybridized carbons (Fsp3) is 0.500. The molecule has 0 spiro atoms. The number of rotatable bonds is 5. The van der Waals surface area contributed by atoms with E-state index >= 15 is 0 Å². The van der Waals surface area contributed by atoms with Crippen molar-refractivity contribution in [2.75, 3.05) is 6.54 Å². The van der Waals surface area contributed by atoms with Crippen LogP contribution in [0.2, 0.25) is 0 Å². The maximum absolute atomic E-state index is 6.01. The first-order chi connectivity index (χ1) is 6.74. The molecule has 78 valence electrons. The fourth-order valence-corrected chi connectivity index (χ4v) is 1.43. The monoisotopic (exact) mass is 211 g/mol. The van der Waals surface area contributed by atoms with Gasteiger partial charge in [0.2, 0.25) is 0 Å². The minimum Gasteiger partial charge on any atom is -0.311 e. The predicted octanol–water partition coefficient (Wildman–Crippen LogP) is 3.10. The molecule has 1 N–H and O–H groups in total. The second-order valence-electron chi connectivity index (χ2n) is 3.56. The van der Waals surface area contributed by atoms with Gasteiger partial charge in [-0.05, 0) is 24.5 Å². The summed E-state index contributed by atoms with van der Waals surface area (Å²) in [6.45, 7) is 6.03. The molecule has 0 aliphatic rings. The highest BCUT2D eigenvalue weighted by Gasteiger charge is 2.00. The van der Waals surface area contributed by atoms with Gasteiger partial charge >= 0.3 is 0 Å². The summed E-state index contributed by atoms with van der Waals surface area (Å²) < 4.78 is 0. The average Bonchev–Trinajstić information content (AvgIpc) is 2.20. The van der Waals surface area contributed by atoms with Gasteiger partial charge < -0.3 is 5.32 Å². The van der Waals surface area contributed by atoms with Gasteiger partial charge in [0.15, 0.2) is 0 Å². The minimum absolute atomic E-state index is 0.249.